The van der Waals surface area contributed by atoms with Crippen LogP contribution < -0.4 is 10.0 Å². The van der Waals surface area contributed by atoms with Crippen LogP contribution in [0.25, 0.3) is 0 Å². The number of sulfonamides is 1. The van der Waals surface area contributed by atoms with Gasteiger partial charge in [-0.25, -0.2) is 13.1 Å². The van der Waals surface area contributed by atoms with Crippen LogP contribution in [0, 0.1) is 0 Å². The van der Waals surface area contributed by atoms with E-state index >= 15 is 0 Å². The van der Waals surface area contributed by atoms with Crippen molar-refractivity contribution in [3.8, 4) is 0 Å². The van der Waals surface area contributed by atoms with Gasteiger partial charge in [0, 0.05) is 24.0 Å². The van der Waals surface area contributed by atoms with Crippen molar-refractivity contribution in [3.63, 3.8) is 0 Å². The summed E-state index contributed by atoms with van der Waals surface area (Å²) in [6.45, 7) is 4.91. The molecule has 0 fully saturated rings. The fourth-order valence-corrected chi connectivity index (χ4v) is 2.69. The van der Waals surface area contributed by atoms with E-state index < -0.39 is 10.0 Å². The lowest BCUT2D eigenvalue weighted by Crippen LogP contribution is -2.18. The molecule has 2 N–H and O–H groups in total. The van der Waals surface area contributed by atoms with Crippen LogP contribution in [0.1, 0.15) is 25.5 Å². The third kappa shape index (κ3) is 3.62. The van der Waals surface area contributed by atoms with E-state index in [0.717, 1.165) is 17.8 Å². The zero-order valence-electron chi connectivity index (χ0n) is 12.4. The predicted molar refractivity (Wildman–Crippen MR) is 82.6 cm³/mol. The van der Waals surface area contributed by atoms with Crippen LogP contribution in [0.2, 0.25) is 0 Å². The Balaban J connectivity index is 2.09. The Morgan fingerprint density at radius 3 is 2.48 bits per heavy atom. The number of benzene rings is 1. The van der Waals surface area contributed by atoms with Crippen molar-refractivity contribution in [2.24, 2.45) is 0 Å². The summed E-state index contributed by atoms with van der Waals surface area (Å²) < 4.78 is 27.5. The number of rotatable bonds is 6. The number of aromatic nitrogens is 2. The molecule has 6 nitrogen and oxygen atoms in total. The van der Waals surface area contributed by atoms with Crippen LogP contribution in [0.5, 0.6) is 0 Å². The first kappa shape index (κ1) is 15.5. The van der Waals surface area contributed by atoms with Crippen LogP contribution in [-0.2, 0) is 16.6 Å². The second kappa shape index (κ2) is 6.28. The molecule has 0 spiro atoms. The molecule has 0 aliphatic carbocycles. The number of anilines is 1. The third-order valence-electron chi connectivity index (χ3n) is 3.29. The van der Waals surface area contributed by atoms with Gasteiger partial charge < -0.3 is 5.32 Å². The standard InChI is InChI=1S/C14H20N4O2S/c1-4-18-10-12(9-16-18)11(2)17-13-5-7-14(8-6-13)21(19,20)15-3/h5-11,15,17H,4H2,1-3H3. The summed E-state index contributed by atoms with van der Waals surface area (Å²) in [7, 11) is -1.99. The van der Waals surface area contributed by atoms with Gasteiger partial charge in [-0.1, -0.05) is 0 Å². The van der Waals surface area contributed by atoms with Crippen molar-refractivity contribution in [2.75, 3.05) is 12.4 Å². The van der Waals surface area contributed by atoms with Crippen LogP contribution in [0.4, 0.5) is 5.69 Å². The van der Waals surface area contributed by atoms with Crippen molar-refractivity contribution in [2.45, 2.75) is 31.3 Å². The summed E-state index contributed by atoms with van der Waals surface area (Å²) in [6.07, 6.45) is 3.83. The van der Waals surface area contributed by atoms with Gasteiger partial charge in [-0.05, 0) is 45.2 Å². The Morgan fingerprint density at radius 2 is 1.95 bits per heavy atom. The Bertz CT molecular complexity index is 692. The van der Waals surface area contributed by atoms with Crippen molar-refractivity contribution >= 4 is 15.7 Å². The molecule has 1 aromatic heterocycles. The number of nitrogens with one attached hydrogen (secondary N) is 2. The molecule has 0 saturated carbocycles. The molecule has 2 aromatic rings. The third-order valence-corrected chi connectivity index (χ3v) is 4.72. The largest absolute Gasteiger partial charge is 0.378 e. The summed E-state index contributed by atoms with van der Waals surface area (Å²) >= 11 is 0. The number of hydrogen-bond donors (Lipinski definition) is 2. The average Bonchev–Trinajstić information content (AvgIpc) is 2.97. The molecule has 0 amide bonds. The quantitative estimate of drug-likeness (QED) is 0.855. The normalized spacial score (nSPS) is 13.1. The molecule has 1 aromatic carbocycles. The Labute approximate surface area is 125 Å². The Hall–Kier alpha value is -1.86. The Morgan fingerprint density at radius 1 is 1.29 bits per heavy atom. The van der Waals surface area contributed by atoms with Crippen LogP contribution in [-0.4, -0.2) is 25.2 Å². The lowest BCUT2D eigenvalue weighted by molar-refractivity contribution is 0.588. The number of nitrogens with zero attached hydrogens (tertiary/aromatic N) is 2. The second-order valence-electron chi connectivity index (χ2n) is 4.73. The molecule has 1 atom stereocenters. The van der Waals surface area contributed by atoms with Gasteiger partial charge in [-0.2, -0.15) is 5.10 Å². The van der Waals surface area contributed by atoms with Gasteiger partial charge >= 0.3 is 0 Å². The monoisotopic (exact) mass is 308 g/mol. The first-order chi connectivity index (χ1) is 9.96. The highest BCUT2D eigenvalue weighted by molar-refractivity contribution is 7.89. The maximum absolute atomic E-state index is 11.6. The van der Waals surface area contributed by atoms with E-state index in [-0.39, 0.29) is 10.9 Å². The highest BCUT2D eigenvalue weighted by atomic mass is 32.2. The summed E-state index contributed by atoms with van der Waals surface area (Å²) in [6, 6.07) is 6.76. The van der Waals surface area contributed by atoms with E-state index in [1.165, 1.54) is 7.05 Å². The van der Waals surface area contributed by atoms with E-state index in [0.29, 0.717) is 0 Å². The summed E-state index contributed by atoms with van der Waals surface area (Å²) in [4.78, 5) is 0.252. The molecule has 0 saturated heterocycles. The molecular weight excluding hydrogens is 288 g/mol. The van der Waals surface area contributed by atoms with Gasteiger partial charge in [0.1, 0.15) is 0 Å². The average molecular weight is 308 g/mol. The van der Waals surface area contributed by atoms with Gasteiger partial charge in [-0.15, -0.1) is 0 Å². The van der Waals surface area contributed by atoms with Crippen molar-refractivity contribution < 1.29 is 8.42 Å². The first-order valence-electron chi connectivity index (χ1n) is 6.78. The van der Waals surface area contributed by atoms with Crippen LogP contribution in [0.3, 0.4) is 0 Å². The van der Waals surface area contributed by atoms with E-state index in [1.807, 2.05) is 30.9 Å². The van der Waals surface area contributed by atoms with E-state index in [2.05, 4.69) is 15.1 Å². The molecule has 0 radical (unpaired) electrons. The SMILES string of the molecule is CCn1cc(C(C)Nc2ccc(S(=O)(=O)NC)cc2)cn1. The highest BCUT2D eigenvalue weighted by Gasteiger charge is 2.12. The van der Waals surface area contributed by atoms with E-state index in [9.17, 15) is 8.42 Å². The summed E-state index contributed by atoms with van der Waals surface area (Å²) in [5, 5.41) is 7.57. The van der Waals surface area contributed by atoms with E-state index in [1.54, 1.807) is 24.3 Å². The maximum Gasteiger partial charge on any atom is 0.240 e. The smallest absolute Gasteiger partial charge is 0.240 e. The van der Waals surface area contributed by atoms with Crippen LogP contribution >= 0.6 is 0 Å². The van der Waals surface area contributed by atoms with Crippen molar-refractivity contribution in [1.82, 2.24) is 14.5 Å². The molecule has 1 unspecified atom stereocenters. The Kier molecular flexibility index (Phi) is 4.64. The minimum absolute atomic E-state index is 0.0945. The molecule has 1 heterocycles. The molecule has 0 aliphatic rings. The minimum atomic E-state index is -3.39. The molecule has 7 heteroatoms. The zero-order chi connectivity index (χ0) is 15.5. The number of aryl methyl sites for hydroxylation is 1. The number of hydrogen-bond acceptors (Lipinski definition) is 4. The molecule has 0 bridgehead atoms. The summed E-state index contributed by atoms with van der Waals surface area (Å²) in [5.74, 6) is 0. The van der Waals surface area contributed by atoms with Gasteiger partial charge in [0.05, 0.1) is 17.1 Å². The van der Waals surface area contributed by atoms with Crippen molar-refractivity contribution in [3.05, 3.63) is 42.2 Å². The fourth-order valence-electron chi connectivity index (χ4n) is 1.96. The molecule has 114 valence electrons. The molecule has 0 aliphatic heterocycles. The van der Waals surface area contributed by atoms with E-state index in [4.69, 9.17) is 0 Å². The fraction of sp³-hybridized carbons (Fsp3) is 0.357. The lowest BCUT2D eigenvalue weighted by Gasteiger charge is -2.14. The molecule has 2 rings (SSSR count). The van der Waals surface area contributed by atoms with Gasteiger partial charge in [0.15, 0.2) is 0 Å². The van der Waals surface area contributed by atoms with Gasteiger partial charge in [0.2, 0.25) is 10.0 Å². The van der Waals surface area contributed by atoms with Gasteiger partial charge in [-0.3, -0.25) is 4.68 Å². The predicted octanol–water partition coefficient (Wildman–Crippen LogP) is 1.98. The highest BCUT2D eigenvalue weighted by Crippen LogP contribution is 2.20. The topological polar surface area (TPSA) is 76.0 Å². The maximum atomic E-state index is 11.6. The molecule has 21 heavy (non-hydrogen) atoms. The van der Waals surface area contributed by atoms with Gasteiger partial charge in [0.25, 0.3) is 0 Å². The minimum Gasteiger partial charge on any atom is -0.378 e. The van der Waals surface area contributed by atoms with Crippen molar-refractivity contribution in [1.29, 1.82) is 0 Å². The lowest BCUT2D eigenvalue weighted by atomic mass is 10.2. The summed E-state index contributed by atoms with van der Waals surface area (Å²) in [5.41, 5.74) is 1.95. The van der Waals surface area contributed by atoms with Crippen LogP contribution in [0.15, 0.2) is 41.6 Å². The second-order valence-corrected chi connectivity index (χ2v) is 6.61. The first-order valence-corrected chi connectivity index (χ1v) is 8.27. The molecular formula is C14H20N4O2S. The zero-order valence-corrected chi connectivity index (χ0v) is 13.2.